The van der Waals surface area contributed by atoms with Crippen LogP contribution in [-0.4, -0.2) is 5.78 Å². The number of rotatable bonds is 4. The lowest BCUT2D eigenvalue weighted by Crippen LogP contribution is -2.22. The van der Waals surface area contributed by atoms with E-state index in [-0.39, 0.29) is 5.78 Å². The van der Waals surface area contributed by atoms with Crippen LogP contribution in [0.25, 0.3) is 0 Å². The molecule has 4 heteroatoms. The van der Waals surface area contributed by atoms with Gasteiger partial charge in [-0.25, -0.2) is 0 Å². The van der Waals surface area contributed by atoms with E-state index in [0.29, 0.717) is 6.42 Å². The first-order valence-electron chi connectivity index (χ1n) is 5.24. The second kappa shape index (κ2) is 5.58. The van der Waals surface area contributed by atoms with Gasteiger partial charge in [-0.05, 0) is 33.6 Å². The Kier molecular flexibility index (Phi) is 4.10. The largest absolute Gasteiger partial charge is 0.318 e. The van der Waals surface area contributed by atoms with Crippen molar-refractivity contribution in [3.8, 4) is 0 Å². The lowest BCUT2D eigenvalue weighted by atomic mass is 10.0. The molecule has 0 bridgehead atoms. The van der Waals surface area contributed by atoms with Crippen LogP contribution >= 0.6 is 27.3 Å². The highest BCUT2D eigenvalue weighted by atomic mass is 79.9. The highest BCUT2D eigenvalue weighted by Gasteiger charge is 2.16. The van der Waals surface area contributed by atoms with Crippen molar-refractivity contribution in [3.05, 3.63) is 56.7 Å². The molecule has 2 N–H and O–H groups in total. The number of hydrogen-bond acceptors (Lipinski definition) is 3. The van der Waals surface area contributed by atoms with Crippen LogP contribution < -0.4 is 5.73 Å². The molecule has 1 aromatic carbocycles. The quantitative estimate of drug-likeness (QED) is 0.941. The highest BCUT2D eigenvalue weighted by molar-refractivity contribution is 9.11. The summed E-state index contributed by atoms with van der Waals surface area (Å²) in [6, 6.07) is 12.8. The molecule has 2 nitrogen and oxygen atoms in total. The number of Topliss-reactive ketones (excluding diaryl/α,β-unsaturated/α-hetero) is 1. The lowest BCUT2D eigenvalue weighted by Gasteiger charge is -2.09. The molecule has 2 aromatic rings. The first kappa shape index (κ1) is 12.5. The summed E-state index contributed by atoms with van der Waals surface area (Å²) in [5.41, 5.74) is 6.81. The molecule has 0 spiro atoms. The van der Waals surface area contributed by atoms with Gasteiger partial charge in [0.15, 0.2) is 5.78 Å². The van der Waals surface area contributed by atoms with Gasteiger partial charge in [-0.2, -0.15) is 0 Å². The van der Waals surface area contributed by atoms with Crippen molar-refractivity contribution >= 4 is 33.0 Å². The summed E-state index contributed by atoms with van der Waals surface area (Å²) in [6.07, 6.45) is 0.395. The van der Waals surface area contributed by atoms with Crippen LogP contribution in [0, 0.1) is 0 Å². The minimum Gasteiger partial charge on any atom is -0.318 e. The number of benzene rings is 1. The third-order valence-electron chi connectivity index (χ3n) is 2.48. The summed E-state index contributed by atoms with van der Waals surface area (Å²) in [6.45, 7) is 0. The zero-order valence-electron chi connectivity index (χ0n) is 9.10. The second-order valence-corrected chi connectivity index (χ2v) is 6.28. The summed E-state index contributed by atoms with van der Waals surface area (Å²) in [5.74, 6) is 0.0468. The van der Waals surface area contributed by atoms with Gasteiger partial charge in [0, 0.05) is 11.3 Å². The minimum absolute atomic E-state index is 0.0468. The number of hydrogen-bond donors (Lipinski definition) is 1. The Morgan fingerprint density at radius 2 is 1.94 bits per heavy atom. The van der Waals surface area contributed by atoms with E-state index in [4.69, 9.17) is 5.73 Å². The number of nitrogens with two attached hydrogens (primary N) is 1. The van der Waals surface area contributed by atoms with Gasteiger partial charge in [-0.15, -0.1) is 11.3 Å². The van der Waals surface area contributed by atoms with Crippen molar-refractivity contribution in [2.24, 2.45) is 5.73 Å². The molecular weight excluding hydrogens is 298 g/mol. The first-order valence-corrected chi connectivity index (χ1v) is 6.85. The fourth-order valence-corrected chi connectivity index (χ4v) is 3.07. The number of carbonyl (C=O) groups is 1. The average Bonchev–Trinajstić information content (AvgIpc) is 2.75. The lowest BCUT2D eigenvalue weighted by molar-refractivity contribution is -0.119. The van der Waals surface area contributed by atoms with Crippen molar-refractivity contribution in [1.82, 2.24) is 0 Å². The van der Waals surface area contributed by atoms with Gasteiger partial charge in [0.1, 0.15) is 0 Å². The van der Waals surface area contributed by atoms with Crippen LogP contribution in [0.15, 0.2) is 46.3 Å². The summed E-state index contributed by atoms with van der Waals surface area (Å²) >= 11 is 4.95. The second-order valence-electron chi connectivity index (χ2n) is 3.74. The maximum absolute atomic E-state index is 12.0. The van der Waals surface area contributed by atoms with Crippen LogP contribution in [0.2, 0.25) is 0 Å². The monoisotopic (exact) mass is 309 g/mol. The van der Waals surface area contributed by atoms with Crippen LogP contribution in [-0.2, 0) is 11.2 Å². The van der Waals surface area contributed by atoms with E-state index in [1.165, 1.54) is 0 Å². The van der Waals surface area contributed by atoms with Gasteiger partial charge < -0.3 is 5.73 Å². The van der Waals surface area contributed by atoms with Gasteiger partial charge in [-0.1, -0.05) is 30.3 Å². The Balaban J connectivity index is 2.06. The molecule has 17 heavy (non-hydrogen) atoms. The summed E-state index contributed by atoms with van der Waals surface area (Å²) in [5, 5.41) is 0. The molecule has 88 valence electrons. The molecule has 0 unspecified atom stereocenters. The average molecular weight is 310 g/mol. The van der Waals surface area contributed by atoms with Crippen LogP contribution in [0.1, 0.15) is 16.5 Å². The van der Waals surface area contributed by atoms with Crippen molar-refractivity contribution in [1.29, 1.82) is 0 Å². The topological polar surface area (TPSA) is 43.1 Å². The summed E-state index contributed by atoms with van der Waals surface area (Å²) < 4.78 is 1.04. The Morgan fingerprint density at radius 1 is 1.24 bits per heavy atom. The van der Waals surface area contributed by atoms with Crippen molar-refractivity contribution < 1.29 is 4.79 Å². The number of thiophene rings is 1. The normalized spacial score (nSPS) is 12.4. The maximum atomic E-state index is 12.0. The minimum atomic E-state index is -0.530. The van der Waals surface area contributed by atoms with E-state index < -0.39 is 6.04 Å². The Hall–Kier alpha value is -0.970. The SMILES string of the molecule is N[C@@H](C(=O)Cc1ccc(Br)s1)c1ccccc1. The van der Waals surface area contributed by atoms with E-state index in [9.17, 15) is 4.79 Å². The Bertz CT molecular complexity index is 509. The molecule has 1 aromatic heterocycles. The van der Waals surface area contributed by atoms with E-state index in [1.807, 2.05) is 42.5 Å². The Morgan fingerprint density at radius 3 is 2.53 bits per heavy atom. The zero-order chi connectivity index (χ0) is 12.3. The molecule has 0 aliphatic heterocycles. The van der Waals surface area contributed by atoms with E-state index in [1.54, 1.807) is 11.3 Å². The number of ketones is 1. The smallest absolute Gasteiger partial charge is 0.159 e. The van der Waals surface area contributed by atoms with Crippen LogP contribution in [0.5, 0.6) is 0 Å². The van der Waals surface area contributed by atoms with E-state index >= 15 is 0 Å². The Labute approximate surface area is 113 Å². The van der Waals surface area contributed by atoms with Crippen molar-refractivity contribution in [2.75, 3.05) is 0 Å². The molecule has 1 atom stereocenters. The van der Waals surface area contributed by atoms with Gasteiger partial charge in [-0.3, -0.25) is 4.79 Å². The molecule has 0 saturated carbocycles. The predicted molar refractivity (Wildman–Crippen MR) is 74.1 cm³/mol. The molecule has 0 fully saturated rings. The van der Waals surface area contributed by atoms with Crippen LogP contribution in [0.4, 0.5) is 0 Å². The molecule has 0 aliphatic carbocycles. The molecule has 0 saturated heterocycles. The fourth-order valence-electron chi connectivity index (χ4n) is 1.57. The predicted octanol–water partition coefficient (Wildman–Crippen LogP) is 3.32. The van der Waals surface area contributed by atoms with E-state index in [2.05, 4.69) is 15.9 Å². The molecule has 0 radical (unpaired) electrons. The summed E-state index contributed by atoms with van der Waals surface area (Å²) in [7, 11) is 0. The molecule has 1 heterocycles. The highest BCUT2D eigenvalue weighted by Crippen LogP contribution is 2.24. The van der Waals surface area contributed by atoms with Gasteiger partial charge in [0.2, 0.25) is 0 Å². The first-order chi connectivity index (χ1) is 8.16. The maximum Gasteiger partial charge on any atom is 0.159 e. The number of halogens is 1. The van der Waals surface area contributed by atoms with Gasteiger partial charge in [0.05, 0.1) is 9.83 Å². The van der Waals surface area contributed by atoms with Crippen molar-refractivity contribution in [2.45, 2.75) is 12.5 Å². The molecular formula is C13H12BrNOS. The van der Waals surface area contributed by atoms with Gasteiger partial charge >= 0.3 is 0 Å². The van der Waals surface area contributed by atoms with Crippen LogP contribution in [0.3, 0.4) is 0 Å². The van der Waals surface area contributed by atoms with E-state index in [0.717, 1.165) is 14.2 Å². The van der Waals surface area contributed by atoms with Crippen molar-refractivity contribution in [3.63, 3.8) is 0 Å². The molecule has 0 aliphatic rings. The fraction of sp³-hybridized carbons (Fsp3) is 0.154. The van der Waals surface area contributed by atoms with Gasteiger partial charge in [0.25, 0.3) is 0 Å². The molecule has 2 rings (SSSR count). The summed E-state index contributed by atoms with van der Waals surface area (Å²) in [4.78, 5) is 13.0. The number of carbonyl (C=O) groups excluding carboxylic acids is 1. The third kappa shape index (κ3) is 3.25. The molecule has 0 amide bonds. The zero-order valence-corrected chi connectivity index (χ0v) is 11.5. The standard InChI is InChI=1S/C13H12BrNOS/c14-12-7-6-10(17-12)8-11(16)13(15)9-4-2-1-3-5-9/h1-7,13H,8,15H2/t13-/m1/s1. The third-order valence-corrected chi connectivity index (χ3v) is 4.11.